The highest BCUT2D eigenvalue weighted by molar-refractivity contribution is 7.90. The van der Waals surface area contributed by atoms with Crippen LogP contribution in [0.4, 0.5) is 0 Å². The molecule has 1 N–H and O–H groups in total. The molecule has 22 heavy (non-hydrogen) atoms. The first-order valence-corrected chi connectivity index (χ1v) is 9.59. The maximum atomic E-state index is 12.2. The lowest BCUT2D eigenvalue weighted by Crippen LogP contribution is -2.27. The van der Waals surface area contributed by atoms with E-state index in [1.54, 1.807) is 12.1 Å². The molecular formula is C12H15N3O5S2. The lowest BCUT2D eigenvalue weighted by molar-refractivity contribution is 0.373. The highest BCUT2D eigenvalue weighted by Gasteiger charge is 2.24. The van der Waals surface area contributed by atoms with Crippen LogP contribution < -0.4 is 4.72 Å². The van der Waals surface area contributed by atoms with Gasteiger partial charge in [0.15, 0.2) is 0 Å². The highest BCUT2D eigenvalue weighted by Crippen LogP contribution is 2.18. The van der Waals surface area contributed by atoms with E-state index in [0.29, 0.717) is 0 Å². The number of aromatic nitrogens is 2. The zero-order valence-electron chi connectivity index (χ0n) is 12.1. The molecule has 1 atom stereocenters. The Morgan fingerprint density at radius 2 is 1.68 bits per heavy atom. The average Bonchev–Trinajstić information content (AvgIpc) is 2.88. The molecule has 120 valence electrons. The van der Waals surface area contributed by atoms with Gasteiger partial charge in [0.1, 0.15) is 0 Å². The van der Waals surface area contributed by atoms with Crippen LogP contribution in [0.3, 0.4) is 0 Å². The van der Waals surface area contributed by atoms with Gasteiger partial charge in [0, 0.05) is 6.26 Å². The summed E-state index contributed by atoms with van der Waals surface area (Å²) in [5.41, 5.74) is 0.932. The minimum atomic E-state index is -3.78. The van der Waals surface area contributed by atoms with Crippen LogP contribution in [0, 0.1) is 6.92 Å². The number of sulfonamides is 1. The molecule has 8 nitrogen and oxygen atoms in total. The van der Waals surface area contributed by atoms with Gasteiger partial charge in [-0.1, -0.05) is 22.8 Å². The number of benzene rings is 1. The van der Waals surface area contributed by atoms with E-state index in [2.05, 4.69) is 14.9 Å². The molecule has 0 radical (unpaired) electrons. The lowest BCUT2D eigenvalue weighted by Gasteiger charge is -2.10. The molecule has 0 aliphatic heterocycles. The Balaban J connectivity index is 2.22. The molecule has 0 saturated heterocycles. The van der Waals surface area contributed by atoms with Crippen molar-refractivity contribution in [1.82, 2.24) is 14.9 Å². The predicted molar refractivity (Wildman–Crippen MR) is 77.3 cm³/mol. The number of nitrogens with zero attached hydrogens (tertiary/aromatic N) is 2. The van der Waals surface area contributed by atoms with Gasteiger partial charge in [-0.15, -0.1) is 5.10 Å². The molecule has 1 aromatic carbocycles. The second kappa shape index (κ2) is 5.78. The van der Waals surface area contributed by atoms with E-state index in [0.717, 1.165) is 11.8 Å². The van der Waals surface area contributed by atoms with E-state index in [9.17, 15) is 16.8 Å². The van der Waals surface area contributed by atoms with Crippen LogP contribution in [0.15, 0.2) is 38.8 Å². The fraction of sp³-hybridized carbons (Fsp3) is 0.333. The van der Waals surface area contributed by atoms with Crippen LogP contribution in [-0.2, 0) is 19.9 Å². The van der Waals surface area contributed by atoms with Crippen LogP contribution in [-0.4, -0.2) is 33.3 Å². The molecule has 1 aromatic heterocycles. The molecule has 0 spiro atoms. The molecule has 0 unspecified atom stereocenters. The first-order valence-electron chi connectivity index (χ1n) is 6.22. The topological polar surface area (TPSA) is 119 Å². The van der Waals surface area contributed by atoms with Crippen molar-refractivity contribution in [2.75, 3.05) is 6.26 Å². The number of hydrogen-bond acceptors (Lipinski definition) is 7. The van der Waals surface area contributed by atoms with Gasteiger partial charge in [0.25, 0.3) is 0 Å². The first-order chi connectivity index (χ1) is 10.1. The molecule has 0 amide bonds. The summed E-state index contributed by atoms with van der Waals surface area (Å²) in [5.74, 6) is -0.129. The highest BCUT2D eigenvalue weighted by atomic mass is 32.2. The zero-order valence-corrected chi connectivity index (χ0v) is 13.8. The molecule has 2 aromatic rings. The summed E-state index contributed by atoms with van der Waals surface area (Å²) in [6.45, 7) is 3.32. The van der Waals surface area contributed by atoms with E-state index in [-0.39, 0.29) is 10.8 Å². The second-order valence-electron chi connectivity index (χ2n) is 4.83. The molecule has 0 fully saturated rings. The standard InChI is InChI=1S/C12H15N3O5S2/c1-8-4-6-10(7-5-8)22(18,19)15-9(2)11-13-14-12(20-11)21(3,16)17/h4-7,9,15H,1-3H3/t9-/m0/s1. The molecular weight excluding hydrogens is 330 g/mol. The minimum Gasteiger partial charge on any atom is -0.411 e. The minimum absolute atomic E-state index is 0.0906. The summed E-state index contributed by atoms with van der Waals surface area (Å²) in [7, 11) is -7.41. The van der Waals surface area contributed by atoms with Crippen LogP contribution in [0.5, 0.6) is 0 Å². The summed E-state index contributed by atoms with van der Waals surface area (Å²) in [6, 6.07) is 5.43. The maximum Gasteiger partial charge on any atom is 0.335 e. The number of rotatable bonds is 5. The average molecular weight is 345 g/mol. The third-order valence-electron chi connectivity index (χ3n) is 2.77. The van der Waals surface area contributed by atoms with Crippen LogP contribution >= 0.6 is 0 Å². The monoisotopic (exact) mass is 345 g/mol. The molecule has 0 aliphatic carbocycles. The third-order valence-corrected chi connectivity index (χ3v) is 5.13. The normalized spacial score (nSPS) is 14.0. The maximum absolute atomic E-state index is 12.2. The Kier molecular flexibility index (Phi) is 4.36. The third kappa shape index (κ3) is 3.70. The number of aryl methyl sites for hydroxylation is 1. The molecule has 2 rings (SSSR count). The van der Waals surface area contributed by atoms with Crippen molar-refractivity contribution in [3.05, 3.63) is 35.7 Å². The molecule has 0 saturated carbocycles. The van der Waals surface area contributed by atoms with Gasteiger partial charge in [0.2, 0.25) is 25.8 Å². The number of hydrogen-bond donors (Lipinski definition) is 1. The van der Waals surface area contributed by atoms with E-state index in [1.165, 1.54) is 19.1 Å². The second-order valence-corrected chi connectivity index (χ2v) is 8.44. The van der Waals surface area contributed by atoms with Crippen molar-refractivity contribution in [2.24, 2.45) is 0 Å². The van der Waals surface area contributed by atoms with E-state index in [1.807, 2.05) is 6.92 Å². The van der Waals surface area contributed by atoms with Crippen molar-refractivity contribution in [1.29, 1.82) is 0 Å². The Morgan fingerprint density at radius 1 is 1.09 bits per heavy atom. The quantitative estimate of drug-likeness (QED) is 0.852. The van der Waals surface area contributed by atoms with E-state index in [4.69, 9.17) is 4.42 Å². The summed E-state index contributed by atoms with van der Waals surface area (Å²) < 4.78 is 54.3. The van der Waals surface area contributed by atoms with E-state index < -0.39 is 31.1 Å². The van der Waals surface area contributed by atoms with Crippen molar-refractivity contribution in [2.45, 2.75) is 30.0 Å². The van der Waals surface area contributed by atoms with Crippen LogP contribution in [0.1, 0.15) is 24.4 Å². The molecule has 1 heterocycles. The van der Waals surface area contributed by atoms with Gasteiger partial charge in [-0.3, -0.25) is 0 Å². The van der Waals surface area contributed by atoms with Crippen molar-refractivity contribution >= 4 is 19.9 Å². The SMILES string of the molecule is Cc1ccc(S(=O)(=O)N[C@@H](C)c2nnc(S(C)(=O)=O)o2)cc1. The Hall–Kier alpha value is -1.78. The van der Waals surface area contributed by atoms with Gasteiger partial charge >= 0.3 is 5.22 Å². The lowest BCUT2D eigenvalue weighted by atomic mass is 10.2. The summed E-state index contributed by atoms with van der Waals surface area (Å²) in [4.78, 5) is 0.0906. The van der Waals surface area contributed by atoms with Gasteiger partial charge in [-0.05, 0) is 26.0 Å². The van der Waals surface area contributed by atoms with Crippen LogP contribution in [0.25, 0.3) is 0 Å². The van der Waals surface area contributed by atoms with Gasteiger partial charge in [0.05, 0.1) is 10.9 Å². The van der Waals surface area contributed by atoms with E-state index >= 15 is 0 Å². The fourth-order valence-corrected chi connectivity index (χ4v) is 3.24. The number of nitrogens with one attached hydrogen (secondary N) is 1. The molecule has 10 heteroatoms. The van der Waals surface area contributed by atoms with Gasteiger partial charge < -0.3 is 4.42 Å². The van der Waals surface area contributed by atoms with Gasteiger partial charge in [-0.2, -0.15) is 4.72 Å². The summed E-state index contributed by atoms with van der Waals surface area (Å²) in [6.07, 6.45) is 0.922. The fourth-order valence-electron chi connectivity index (χ4n) is 1.61. The molecule has 0 bridgehead atoms. The largest absolute Gasteiger partial charge is 0.411 e. The van der Waals surface area contributed by atoms with Gasteiger partial charge in [-0.25, -0.2) is 16.8 Å². The Morgan fingerprint density at radius 3 is 2.18 bits per heavy atom. The van der Waals surface area contributed by atoms with Crippen molar-refractivity contribution in [3.8, 4) is 0 Å². The zero-order chi connectivity index (χ0) is 16.5. The summed E-state index contributed by atoms with van der Waals surface area (Å²) in [5, 5.41) is 6.38. The Labute approximate surface area is 128 Å². The predicted octanol–water partition coefficient (Wildman–Crippen LogP) is 0.821. The first kappa shape index (κ1) is 16.6. The Bertz CT molecular complexity index is 870. The smallest absolute Gasteiger partial charge is 0.335 e. The molecule has 0 aliphatic rings. The van der Waals surface area contributed by atoms with Crippen molar-refractivity contribution in [3.63, 3.8) is 0 Å². The summed E-state index contributed by atoms with van der Waals surface area (Å²) >= 11 is 0. The van der Waals surface area contributed by atoms with Crippen LogP contribution in [0.2, 0.25) is 0 Å². The number of sulfone groups is 1. The van der Waals surface area contributed by atoms with Crippen molar-refractivity contribution < 1.29 is 21.3 Å².